The molecule has 0 aliphatic heterocycles. The van der Waals surface area contributed by atoms with Gasteiger partial charge in [0.1, 0.15) is 0 Å². The molecule has 4 heteroatoms. The lowest BCUT2D eigenvalue weighted by Gasteiger charge is -2.18. The van der Waals surface area contributed by atoms with Crippen molar-refractivity contribution in [2.45, 2.75) is 6.42 Å². The molecule has 0 aliphatic rings. The predicted molar refractivity (Wildman–Crippen MR) is 101 cm³/mol. The van der Waals surface area contributed by atoms with Crippen LogP contribution in [0.4, 0.5) is 5.69 Å². The topological polar surface area (TPSA) is 63.3 Å². The first kappa shape index (κ1) is 17.1. The summed E-state index contributed by atoms with van der Waals surface area (Å²) in [7, 11) is 0. The molecule has 3 rings (SSSR count). The molecule has 1 radical (unpaired) electrons. The zero-order valence-corrected chi connectivity index (χ0v) is 14.2. The van der Waals surface area contributed by atoms with Gasteiger partial charge in [-0.15, -0.1) is 0 Å². The van der Waals surface area contributed by atoms with Crippen molar-refractivity contribution in [1.82, 2.24) is 0 Å². The first-order chi connectivity index (χ1) is 12.0. The number of aromatic carboxylic acids is 1. The molecule has 0 spiro atoms. The first-order valence-electron chi connectivity index (χ1n) is 7.83. The Hall–Kier alpha value is -2.78. The fourth-order valence-corrected chi connectivity index (χ4v) is 2.84. The molecule has 0 heterocycles. The van der Waals surface area contributed by atoms with E-state index in [1.165, 1.54) is 0 Å². The highest BCUT2D eigenvalue weighted by molar-refractivity contribution is 6.30. The Morgan fingerprint density at radius 2 is 1.52 bits per heavy atom. The molecule has 125 valence electrons. The third-order valence-corrected chi connectivity index (χ3v) is 4.26. The van der Waals surface area contributed by atoms with Crippen molar-refractivity contribution in [2.24, 2.45) is 0 Å². The van der Waals surface area contributed by atoms with Crippen molar-refractivity contribution in [3.05, 3.63) is 106 Å². The molecule has 3 aromatic carbocycles. The normalized spacial score (nSPS) is 10.8. The zero-order chi connectivity index (χ0) is 17.8. The van der Waals surface area contributed by atoms with Crippen LogP contribution in [0.5, 0.6) is 0 Å². The van der Waals surface area contributed by atoms with Gasteiger partial charge < -0.3 is 10.8 Å². The molecule has 25 heavy (non-hydrogen) atoms. The molecule has 0 bridgehead atoms. The first-order valence-corrected chi connectivity index (χ1v) is 8.20. The number of rotatable bonds is 5. The summed E-state index contributed by atoms with van der Waals surface area (Å²) in [5.41, 5.74) is 10.0. The van der Waals surface area contributed by atoms with Crippen LogP contribution < -0.4 is 5.73 Å². The largest absolute Gasteiger partial charge is 0.478 e. The van der Waals surface area contributed by atoms with E-state index in [0.29, 0.717) is 17.1 Å². The molecule has 0 aromatic heterocycles. The van der Waals surface area contributed by atoms with E-state index in [1.54, 1.807) is 12.1 Å². The second kappa shape index (κ2) is 7.41. The Balaban J connectivity index is 1.96. The van der Waals surface area contributed by atoms with Gasteiger partial charge >= 0.3 is 5.97 Å². The summed E-state index contributed by atoms with van der Waals surface area (Å²) in [6.07, 6.45) is 0.658. The quantitative estimate of drug-likeness (QED) is 0.647. The molecule has 0 saturated carbocycles. The minimum absolute atomic E-state index is 0.278. The van der Waals surface area contributed by atoms with Crippen LogP contribution in [-0.2, 0) is 6.42 Å². The molecule has 3 aromatic rings. The molecular weight excluding hydrogens is 334 g/mol. The van der Waals surface area contributed by atoms with E-state index in [4.69, 9.17) is 22.4 Å². The van der Waals surface area contributed by atoms with Crippen LogP contribution in [0.25, 0.3) is 0 Å². The van der Waals surface area contributed by atoms with Crippen molar-refractivity contribution in [1.29, 1.82) is 0 Å². The minimum atomic E-state index is -0.927. The monoisotopic (exact) mass is 350 g/mol. The molecule has 0 amide bonds. The van der Waals surface area contributed by atoms with E-state index >= 15 is 0 Å². The fraction of sp³-hybridized carbons (Fsp3) is 0.0476. The second-order valence-electron chi connectivity index (χ2n) is 5.79. The lowest BCUT2D eigenvalue weighted by molar-refractivity contribution is 0.0697. The lowest BCUT2D eigenvalue weighted by atomic mass is 9.85. The van der Waals surface area contributed by atoms with Crippen LogP contribution >= 0.6 is 11.6 Å². The standard InChI is InChI=1S/C21H17ClNO2/c22-18-10-8-15(9-11-18)20(17-2-1-3-19(23)13-17)12-14-4-6-16(7-5-14)21(24)25/h1-11,13H,12,23H2,(H,24,25). The van der Waals surface area contributed by atoms with Crippen molar-refractivity contribution in [3.8, 4) is 0 Å². The Labute approximate surface area is 151 Å². The second-order valence-corrected chi connectivity index (χ2v) is 6.23. The van der Waals surface area contributed by atoms with Gasteiger partial charge in [0.15, 0.2) is 0 Å². The number of hydrogen-bond donors (Lipinski definition) is 2. The van der Waals surface area contributed by atoms with Gasteiger partial charge in [-0.2, -0.15) is 0 Å². The fourth-order valence-electron chi connectivity index (χ4n) is 2.72. The Bertz CT molecular complexity index is 873. The maximum Gasteiger partial charge on any atom is 0.335 e. The summed E-state index contributed by atoms with van der Waals surface area (Å²) in [4.78, 5) is 11.0. The molecule has 0 aliphatic carbocycles. The Kier molecular flexibility index (Phi) is 5.05. The third kappa shape index (κ3) is 4.20. The van der Waals surface area contributed by atoms with E-state index in [-0.39, 0.29) is 5.56 Å². The average Bonchev–Trinajstić information content (AvgIpc) is 2.61. The van der Waals surface area contributed by atoms with Gasteiger partial charge in [-0.25, -0.2) is 4.79 Å². The van der Waals surface area contributed by atoms with Crippen LogP contribution in [0.2, 0.25) is 5.02 Å². The summed E-state index contributed by atoms with van der Waals surface area (Å²) >= 11 is 6.01. The van der Waals surface area contributed by atoms with Gasteiger partial charge in [-0.1, -0.05) is 48.0 Å². The van der Waals surface area contributed by atoms with Crippen LogP contribution in [0, 0.1) is 5.92 Å². The van der Waals surface area contributed by atoms with Gasteiger partial charge in [-0.3, -0.25) is 0 Å². The number of halogens is 1. The zero-order valence-electron chi connectivity index (χ0n) is 13.4. The Morgan fingerprint density at radius 3 is 2.12 bits per heavy atom. The Morgan fingerprint density at radius 1 is 0.880 bits per heavy atom. The third-order valence-electron chi connectivity index (χ3n) is 4.01. The van der Waals surface area contributed by atoms with E-state index in [9.17, 15) is 4.79 Å². The number of carboxylic acids is 1. The summed E-state index contributed by atoms with van der Waals surface area (Å²) in [6, 6.07) is 22.3. The van der Waals surface area contributed by atoms with E-state index in [0.717, 1.165) is 22.6 Å². The number of nitrogens with two attached hydrogens (primary N) is 1. The van der Waals surface area contributed by atoms with E-state index in [2.05, 4.69) is 0 Å². The highest BCUT2D eigenvalue weighted by Crippen LogP contribution is 2.29. The van der Waals surface area contributed by atoms with Gasteiger partial charge in [-0.05, 0) is 59.5 Å². The number of anilines is 1. The lowest BCUT2D eigenvalue weighted by Crippen LogP contribution is -2.07. The number of benzene rings is 3. The average molecular weight is 351 g/mol. The van der Waals surface area contributed by atoms with Crippen molar-refractivity contribution < 1.29 is 9.90 Å². The smallest absolute Gasteiger partial charge is 0.335 e. The van der Waals surface area contributed by atoms with Crippen molar-refractivity contribution in [2.75, 3.05) is 5.73 Å². The molecule has 0 atom stereocenters. The SMILES string of the molecule is Nc1cccc([C](Cc2ccc(C(=O)O)cc2)c2ccc(Cl)cc2)c1. The van der Waals surface area contributed by atoms with Gasteiger partial charge in [0.2, 0.25) is 0 Å². The van der Waals surface area contributed by atoms with Crippen LogP contribution in [0.1, 0.15) is 27.0 Å². The molecule has 3 N–H and O–H groups in total. The van der Waals surface area contributed by atoms with Crippen LogP contribution in [0.3, 0.4) is 0 Å². The van der Waals surface area contributed by atoms with Gasteiger partial charge in [0.05, 0.1) is 5.56 Å². The van der Waals surface area contributed by atoms with Gasteiger partial charge in [0, 0.05) is 16.6 Å². The minimum Gasteiger partial charge on any atom is -0.478 e. The summed E-state index contributed by atoms with van der Waals surface area (Å²) in [6.45, 7) is 0. The molecule has 0 unspecified atom stereocenters. The summed E-state index contributed by atoms with van der Waals surface area (Å²) in [5, 5.41) is 9.72. The summed E-state index contributed by atoms with van der Waals surface area (Å²) < 4.78 is 0. The van der Waals surface area contributed by atoms with Gasteiger partial charge in [0.25, 0.3) is 0 Å². The molecule has 3 nitrogen and oxygen atoms in total. The summed E-state index contributed by atoms with van der Waals surface area (Å²) in [5.74, 6) is 0.177. The van der Waals surface area contributed by atoms with E-state index < -0.39 is 5.97 Å². The van der Waals surface area contributed by atoms with Crippen LogP contribution in [0.15, 0.2) is 72.8 Å². The molecule has 0 fully saturated rings. The van der Waals surface area contributed by atoms with E-state index in [1.807, 2.05) is 60.7 Å². The number of nitrogen functional groups attached to an aromatic ring is 1. The maximum atomic E-state index is 11.0. The number of carboxylic acid groups (broad SMARTS) is 1. The maximum absolute atomic E-state index is 11.0. The highest BCUT2D eigenvalue weighted by Gasteiger charge is 2.16. The molecular formula is C21H17ClNO2. The number of carbonyl (C=O) groups is 1. The molecule has 0 saturated heterocycles. The van der Waals surface area contributed by atoms with Crippen molar-refractivity contribution >= 4 is 23.3 Å². The van der Waals surface area contributed by atoms with Crippen LogP contribution in [-0.4, -0.2) is 11.1 Å². The number of hydrogen-bond acceptors (Lipinski definition) is 2. The highest BCUT2D eigenvalue weighted by atomic mass is 35.5. The predicted octanol–water partition coefficient (Wildman–Crippen LogP) is 4.83. The van der Waals surface area contributed by atoms with Crippen molar-refractivity contribution in [3.63, 3.8) is 0 Å².